The van der Waals surface area contributed by atoms with Gasteiger partial charge in [0.25, 0.3) is 0 Å². The first-order chi connectivity index (χ1) is 7.50. The van der Waals surface area contributed by atoms with Gasteiger partial charge in [0.2, 0.25) is 0 Å². The van der Waals surface area contributed by atoms with Crippen molar-refractivity contribution in [3.05, 3.63) is 22.4 Å². The van der Waals surface area contributed by atoms with Crippen molar-refractivity contribution in [2.24, 2.45) is 5.92 Å². The van der Waals surface area contributed by atoms with Crippen molar-refractivity contribution in [3.8, 4) is 0 Å². The fraction of sp³-hybridized carbons (Fsp3) is 0.692. The molecule has 3 unspecified atom stereocenters. The lowest BCUT2D eigenvalue weighted by molar-refractivity contribution is 0.153. The maximum absolute atomic E-state index is 10.0. The summed E-state index contributed by atoms with van der Waals surface area (Å²) in [6.07, 6.45) is 0.444. The van der Waals surface area contributed by atoms with E-state index in [9.17, 15) is 5.11 Å². The summed E-state index contributed by atoms with van der Waals surface area (Å²) >= 11 is 1.62. The van der Waals surface area contributed by atoms with Crippen LogP contribution < -0.4 is 5.32 Å². The highest BCUT2D eigenvalue weighted by molar-refractivity contribution is 7.10. The average molecular weight is 241 g/mol. The van der Waals surface area contributed by atoms with Crippen molar-refractivity contribution in [1.82, 2.24) is 5.32 Å². The maximum atomic E-state index is 10.0. The van der Waals surface area contributed by atoms with Gasteiger partial charge >= 0.3 is 0 Å². The Hall–Kier alpha value is -0.380. The summed E-state index contributed by atoms with van der Waals surface area (Å²) in [6, 6.07) is 4.81. The molecule has 0 aliphatic rings. The first-order valence-electron chi connectivity index (χ1n) is 5.98. The van der Waals surface area contributed by atoms with Gasteiger partial charge in [0.1, 0.15) is 0 Å². The van der Waals surface area contributed by atoms with Crippen LogP contribution in [-0.2, 0) is 0 Å². The minimum Gasteiger partial charge on any atom is -0.388 e. The highest BCUT2D eigenvalue weighted by Crippen LogP contribution is 2.23. The number of thiophene rings is 1. The van der Waals surface area contributed by atoms with Crippen molar-refractivity contribution >= 4 is 11.3 Å². The zero-order chi connectivity index (χ0) is 12.1. The molecule has 3 heteroatoms. The van der Waals surface area contributed by atoms with Crippen molar-refractivity contribution in [2.75, 3.05) is 0 Å². The Morgan fingerprint density at radius 3 is 2.50 bits per heavy atom. The number of rotatable bonds is 6. The van der Waals surface area contributed by atoms with Crippen LogP contribution in [0, 0.1) is 5.92 Å². The molecule has 92 valence electrons. The molecule has 0 aliphatic heterocycles. The van der Waals surface area contributed by atoms with Crippen LogP contribution in [0.4, 0.5) is 0 Å². The molecular weight excluding hydrogens is 218 g/mol. The lowest BCUT2D eigenvalue weighted by Gasteiger charge is -2.24. The third-order valence-corrected chi connectivity index (χ3v) is 3.97. The van der Waals surface area contributed by atoms with Gasteiger partial charge in [-0.1, -0.05) is 19.9 Å². The molecule has 0 fully saturated rings. The Labute approximate surface area is 103 Å². The van der Waals surface area contributed by atoms with Crippen LogP contribution in [0.5, 0.6) is 0 Å². The van der Waals surface area contributed by atoms with Gasteiger partial charge < -0.3 is 10.4 Å². The third-order valence-electron chi connectivity index (χ3n) is 3.00. The highest BCUT2D eigenvalue weighted by atomic mass is 32.1. The minimum absolute atomic E-state index is 0.332. The monoisotopic (exact) mass is 241 g/mol. The molecule has 0 aliphatic carbocycles. The van der Waals surface area contributed by atoms with Crippen LogP contribution in [0.1, 0.15) is 45.1 Å². The number of nitrogens with one attached hydrogen (secondary N) is 1. The second-order valence-electron chi connectivity index (χ2n) is 4.87. The smallest absolute Gasteiger partial charge is 0.0896 e. The molecule has 0 saturated carbocycles. The first-order valence-corrected chi connectivity index (χ1v) is 6.86. The maximum Gasteiger partial charge on any atom is 0.0896 e. The van der Waals surface area contributed by atoms with Gasteiger partial charge in [-0.05, 0) is 37.6 Å². The molecule has 16 heavy (non-hydrogen) atoms. The molecule has 0 amide bonds. The SMILES string of the molecule is CC(CC(O)c1cccs1)NC(C)C(C)C. The Morgan fingerprint density at radius 1 is 1.31 bits per heavy atom. The Bertz CT molecular complexity index is 284. The van der Waals surface area contributed by atoms with E-state index in [0.29, 0.717) is 18.0 Å². The molecule has 1 heterocycles. The molecular formula is C13H23NOS. The van der Waals surface area contributed by atoms with Gasteiger partial charge in [0.05, 0.1) is 6.10 Å². The molecule has 0 radical (unpaired) electrons. The quantitative estimate of drug-likeness (QED) is 0.801. The van der Waals surface area contributed by atoms with Crippen LogP contribution in [-0.4, -0.2) is 17.2 Å². The molecule has 0 aromatic carbocycles. The number of hydrogen-bond acceptors (Lipinski definition) is 3. The summed E-state index contributed by atoms with van der Waals surface area (Å²) in [5.41, 5.74) is 0. The van der Waals surface area contributed by atoms with Crippen molar-refractivity contribution in [1.29, 1.82) is 0 Å². The Kier molecular flexibility index (Phi) is 5.46. The van der Waals surface area contributed by atoms with Crippen LogP contribution >= 0.6 is 11.3 Å². The lowest BCUT2D eigenvalue weighted by Crippen LogP contribution is -2.38. The normalized spacial score (nSPS) is 17.4. The molecule has 2 N–H and O–H groups in total. The van der Waals surface area contributed by atoms with E-state index in [1.165, 1.54) is 0 Å². The minimum atomic E-state index is -0.332. The molecule has 0 spiro atoms. The van der Waals surface area contributed by atoms with E-state index in [1.807, 2.05) is 17.5 Å². The molecule has 2 nitrogen and oxygen atoms in total. The van der Waals surface area contributed by atoms with E-state index in [1.54, 1.807) is 11.3 Å². The van der Waals surface area contributed by atoms with E-state index in [4.69, 9.17) is 0 Å². The van der Waals surface area contributed by atoms with E-state index >= 15 is 0 Å². The number of aliphatic hydroxyl groups excluding tert-OH is 1. The molecule has 1 aromatic rings. The molecule has 1 rings (SSSR count). The predicted octanol–water partition coefficient (Wildman–Crippen LogP) is 3.19. The van der Waals surface area contributed by atoms with Gasteiger partial charge in [-0.15, -0.1) is 11.3 Å². The summed E-state index contributed by atoms with van der Waals surface area (Å²) in [5, 5.41) is 15.5. The van der Waals surface area contributed by atoms with Gasteiger partial charge in [-0.3, -0.25) is 0 Å². The van der Waals surface area contributed by atoms with Crippen LogP contribution in [0.15, 0.2) is 17.5 Å². The zero-order valence-corrected chi connectivity index (χ0v) is 11.4. The molecule has 1 aromatic heterocycles. The second-order valence-corrected chi connectivity index (χ2v) is 5.85. The summed E-state index contributed by atoms with van der Waals surface area (Å²) in [6.45, 7) is 8.74. The van der Waals surface area contributed by atoms with Gasteiger partial charge in [-0.2, -0.15) is 0 Å². The van der Waals surface area contributed by atoms with Gasteiger partial charge in [0, 0.05) is 17.0 Å². The molecule has 0 bridgehead atoms. The summed E-state index contributed by atoms with van der Waals surface area (Å²) in [7, 11) is 0. The summed E-state index contributed by atoms with van der Waals surface area (Å²) in [5.74, 6) is 0.626. The van der Waals surface area contributed by atoms with Crippen LogP contribution in [0.3, 0.4) is 0 Å². The Balaban J connectivity index is 2.37. The third kappa shape index (κ3) is 4.24. The molecule has 0 saturated heterocycles. The highest BCUT2D eigenvalue weighted by Gasteiger charge is 2.16. The van der Waals surface area contributed by atoms with Crippen molar-refractivity contribution in [3.63, 3.8) is 0 Å². The average Bonchev–Trinajstić information content (AvgIpc) is 2.69. The summed E-state index contributed by atoms with van der Waals surface area (Å²) < 4.78 is 0. The fourth-order valence-electron chi connectivity index (χ4n) is 1.64. The summed E-state index contributed by atoms with van der Waals surface area (Å²) in [4.78, 5) is 1.06. The van der Waals surface area contributed by atoms with E-state index < -0.39 is 0 Å². The zero-order valence-electron chi connectivity index (χ0n) is 10.6. The second kappa shape index (κ2) is 6.38. The fourth-order valence-corrected chi connectivity index (χ4v) is 2.37. The van der Waals surface area contributed by atoms with Crippen molar-refractivity contribution < 1.29 is 5.11 Å². The van der Waals surface area contributed by atoms with Crippen LogP contribution in [0.25, 0.3) is 0 Å². The van der Waals surface area contributed by atoms with Crippen molar-refractivity contribution in [2.45, 2.75) is 52.3 Å². The van der Waals surface area contributed by atoms with Gasteiger partial charge in [0.15, 0.2) is 0 Å². The van der Waals surface area contributed by atoms with E-state index in [0.717, 1.165) is 11.3 Å². The van der Waals surface area contributed by atoms with Gasteiger partial charge in [-0.25, -0.2) is 0 Å². The van der Waals surface area contributed by atoms with Crippen LogP contribution in [0.2, 0.25) is 0 Å². The largest absolute Gasteiger partial charge is 0.388 e. The standard InChI is InChI=1S/C13H23NOS/c1-9(2)11(4)14-10(3)8-12(15)13-6-5-7-16-13/h5-7,9-12,14-15H,8H2,1-4H3. The topological polar surface area (TPSA) is 32.3 Å². The number of hydrogen-bond donors (Lipinski definition) is 2. The van der Waals surface area contributed by atoms with E-state index in [-0.39, 0.29) is 6.10 Å². The first kappa shape index (κ1) is 13.7. The number of aliphatic hydroxyl groups is 1. The molecule has 3 atom stereocenters. The Morgan fingerprint density at radius 2 is 2.00 bits per heavy atom. The lowest BCUT2D eigenvalue weighted by atomic mass is 10.0. The van der Waals surface area contributed by atoms with E-state index in [2.05, 4.69) is 33.0 Å². The predicted molar refractivity (Wildman–Crippen MR) is 70.8 cm³/mol.